The van der Waals surface area contributed by atoms with Gasteiger partial charge in [-0.1, -0.05) is 30.0 Å². The number of nitrogens with two attached hydrogens (primary N) is 1. The number of nitrogen functional groups attached to an aromatic ring is 1. The van der Waals surface area contributed by atoms with E-state index < -0.39 is 11.6 Å². The molecule has 3 heteroatoms. The second-order valence-electron chi connectivity index (χ2n) is 3.47. The molecule has 2 rings (SSSR count). The fourth-order valence-corrected chi connectivity index (χ4v) is 1.33. The summed E-state index contributed by atoms with van der Waals surface area (Å²) >= 11 is 0. The van der Waals surface area contributed by atoms with Gasteiger partial charge in [0.15, 0.2) is 11.6 Å². The highest BCUT2D eigenvalue weighted by Gasteiger charge is 2.05. The molecule has 0 aliphatic rings. The van der Waals surface area contributed by atoms with Gasteiger partial charge in [-0.25, -0.2) is 8.78 Å². The van der Waals surface area contributed by atoms with Gasteiger partial charge in [-0.2, -0.15) is 0 Å². The van der Waals surface area contributed by atoms with Crippen molar-refractivity contribution in [3.8, 4) is 11.8 Å². The Labute approximate surface area is 97.9 Å². The van der Waals surface area contributed by atoms with Gasteiger partial charge in [0.2, 0.25) is 0 Å². The van der Waals surface area contributed by atoms with Crippen LogP contribution in [0, 0.1) is 23.5 Å². The maximum atomic E-state index is 13.0. The topological polar surface area (TPSA) is 26.0 Å². The Morgan fingerprint density at radius 3 is 2.24 bits per heavy atom. The predicted octanol–water partition coefficient (Wildman–Crippen LogP) is 2.95. The molecule has 0 atom stereocenters. The predicted molar refractivity (Wildman–Crippen MR) is 63.2 cm³/mol. The minimum absolute atomic E-state index is 0.132. The van der Waals surface area contributed by atoms with Gasteiger partial charge in [-0.05, 0) is 18.2 Å². The molecular formula is C14H9F2N. The summed E-state index contributed by atoms with van der Waals surface area (Å²) in [6.07, 6.45) is 0. The lowest BCUT2D eigenvalue weighted by Crippen LogP contribution is -1.94. The number of hydrogen-bond acceptors (Lipinski definition) is 1. The molecule has 2 N–H and O–H groups in total. The second-order valence-corrected chi connectivity index (χ2v) is 3.47. The summed E-state index contributed by atoms with van der Waals surface area (Å²) in [7, 11) is 0. The summed E-state index contributed by atoms with van der Waals surface area (Å²) in [5, 5.41) is 0. The number of benzene rings is 2. The van der Waals surface area contributed by atoms with Crippen LogP contribution in [0.15, 0.2) is 42.5 Å². The maximum absolute atomic E-state index is 13.0. The quantitative estimate of drug-likeness (QED) is 0.545. The summed E-state index contributed by atoms with van der Waals surface area (Å²) in [5.41, 5.74) is 6.75. The molecule has 0 radical (unpaired) electrons. The minimum atomic E-state index is -0.965. The first-order chi connectivity index (χ1) is 8.16. The third-order valence-corrected chi connectivity index (χ3v) is 2.21. The molecule has 0 bridgehead atoms. The Morgan fingerprint density at radius 2 is 1.53 bits per heavy atom. The zero-order valence-electron chi connectivity index (χ0n) is 8.87. The van der Waals surface area contributed by atoms with Crippen LogP contribution in [0.1, 0.15) is 11.1 Å². The zero-order chi connectivity index (χ0) is 12.3. The van der Waals surface area contributed by atoms with E-state index in [1.165, 1.54) is 0 Å². The zero-order valence-corrected chi connectivity index (χ0v) is 8.87. The highest BCUT2D eigenvalue weighted by Crippen LogP contribution is 2.15. The number of anilines is 1. The van der Waals surface area contributed by atoms with Crippen LogP contribution in [-0.4, -0.2) is 0 Å². The molecule has 0 saturated heterocycles. The van der Waals surface area contributed by atoms with Gasteiger partial charge in [0.1, 0.15) is 0 Å². The standard InChI is InChI=1S/C14H9F2N/c15-12-8-11(14(17)9-13(12)16)7-6-10-4-2-1-3-5-10/h1-5,8-9H,17H2. The lowest BCUT2D eigenvalue weighted by molar-refractivity contribution is 0.509. The van der Waals surface area contributed by atoms with Crippen molar-refractivity contribution in [2.45, 2.75) is 0 Å². The van der Waals surface area contributed by atoms with Gasteiger partial charge in [-0.15, -0.1) is 0 Å². The number of halogens is 2. The van der Waals surface area contributed by atoms with E-state index in [9.17, 15) is 8.78 Å². The highest BCUT2D eigenvalue weighted by atomic mass is 19.2. The summed E-state index contributed by atoms with van der Waals surface area (Å²) in [5.74, 6) is 3.63. The van der Waals surface area contributed by atoms with Crippen LogP contribution in [-0.2, 0) is 0 Å². The second kappa shape index (κ2) is 4.67. The van der Waals surface area contributed by atoms with E-state index in [-0.39, 0.29) is 11.3 Å². The first-order valence-corrected chi connectivity index (χ1v) is 4.98. The average molecular weight is 229 g/mol. The Hall–Kier alpha value is -2.34. The van der Waals surface area contributed by atoms with E-state index in [4.69, 9.17) is 5.73 Å². The molecule has 0 amide bonds. The monoisotopic (exact) mass is 229 g/mol. The van der Waals surface area contributed by atoms with Crippen molar-refractivity contribution in [3.63, 3.8) is 0 Å². The van der Waals surface area contributed by atoms with Crippen molar-refractivity contribution >= 4 is 5.69 Å². The molecule has 84 valence electrons. The van der Waals surface area contributed by atoms with Crippen LogP contribution in [0.3, 0.4) is 0 Å². The number of hydrogen-bond donors (Lipinski definition) is 1. The Morgan fingerprint density at radius 1 is 0.882 bits per heavy atom. The smallest absolute Gasteiger partial charge is 0.160 e. The summed E-state index contributed by atoms with van der Waals surface area (Å²) in [6, 6.07) is 11.1. The van der Waals surface area contributed by atoms with Crippen LogP contribution in [0.2, 0.25) is 0 Å². The summed E-state index contributed by atoms with van der Waals surface area (Å²) in [6.45, 7) is 0. The van der Waals surface area contributed by atoms with Crippen LogP contribution in [0.4, 0.5) is 14.5 Å². The molecule has 0 fully saturated rings. The fraction of sp³-hybridized carbons (Fsp3) is 0. The fourth-order valence-electron chi connectivity index (χ4n) is 1.33. The van der Waals surface area contributed by atoms with Gasteiger partial charge in [0.25, 0.3) is 0 Å². The molecule has 2 aromatic rings. The van der Waals surface area contributed by atoms with E-state index >= 15 is 0 Å². The molecule has 0 aliphatic heterocycles. The van der Waals surface area contributed by atoms with Crippen molar-refractivity contribution < 1.29 is 8.78 Å². The van der Waals surface area contributed by atoms with Crippen molar-refractivity contribution in [1.29, 1.82) is 0 Å². The van der Waals surface area contributed by atoms with Crippen molar-refractivity contribution in [3.05, 3.63) is 65.2 Å². The van der Waals surface area contributed by atoms with Gasteiger partial charge in [-0.3, -0.25) is 0 Å². The SMILES string of the molecule is Nc1cc(F)c(F)cc1C#Cc1ccccc1. The normalized spacial score (nSPS) is 9.53. The first-order valence-electron chi connectivity index (χ1n) is 4.98. The Balaban J connectivity index is 2.38. The van der Waals surface area contributed by atoms with Crippen LogP contribution in [0.5, 0.6) is 0 Å². The lowest BCUT2D eigenvalue weighted by atomic mass is 10.1. The molecular weight excluding hydrogens is 220 g/mol. The third kappa shape index (κ3) is 2.61. The molecule has 0 saturated carbocycles. The third-order valence-electron chi connectivity index (χ3n) is 2.21. The van der Waals surface area contributed by atoms with E-state index in [0.29, 0.717) is 0 Å². The number of rotatable bonds is 0. The van der Waals surface area contributed by atoms with E-state index in [0.717, 1.165) is 17.7 Å². The van der Waals surface area contributed by atoms with Gasteiger partial charge >= 0.3 is 0 Å². The molecule has 0 unspecified atom stereocenters. The Kier molecular flexibility index (Phi) is 3.06. The minimum Gasteiger partial charge on any atom is -0.398 e. The van der Waals surface area contributed by atoms with Gasteiger partial charge < -0.3 is 5.73 Å². The Bertz CT molecular complexity index is 595. The van der Waals surface area contributed by atoms with Crippen molar-refractivity contribution in [1.82, 2.24) is 0 Å². The van der Waals surface area contributed by atoms with E-state index in [2.05, 4.69) is 11.8 Å². The largest absolute Gasteiger partial charge is 0.398 e. The molecule has 2 aromatic carbocycles. The van der Waals surface area contributed by atoms with Crippen molar-refractivity contribution in [2.24, 2.45) is 0 Å². The van der Waals surface area contributed by atoms with Crippen LogP contribution < -0.4 is 5.73 Å². The average Bonchev–Trinajstić information content (AvgIpc) is 2.33. The maximum Gasteiger partial charge on any atom is 0.160 e. The molecule has 0 aromatic heterocycles. The summed E-state index contributed by atoms with van der Waals surface area (Å²) < 4.78 is 25.8. The van der Waals surface area contributed by atoms with E-state index in [1.807, 2.05) is 30.3 Å². The highest BCUT2D eigenvalue weighted by molar-refractivity contribution is 5.57. The van der Waals surface area contributed by atoms with Crippen molar-refractivity contribution in [2.75, 3.05) is 5.73 Å². The lowest BCUT2D eigenvalue weighted by Gasteiger charge is -1.99. The van der Waals surface area contributed by atoms with Crippen LogP contribution >= 0.6 is 0 Å². The first kappa shape index (κ1) is 11.2. The molecule has 0 spiro atoms. The van der Waals surface area contributed by atoms with Crippen LogP contribution in [0.25, 0.3) is 0 Å². The molecule has 17 heavy (non-hydrogen) atoms. The van der Waals surface area contributed by atoms with Gasteiger partial charge in [0.05, 0.1) is 11.3 Å². The van der Waals surface area contributed by atoms with Gasteiger partial charge in [0, 0.05) is 11.6 Å². The molecule has 1 nitrogen and oxygen atoms in total. The summed E-state index contributed by atoms with van der Waals surface area (Å²) in [4.78, 5) is 0. The molecule has 0 heterocycles. The molecule has 0 aliphatic carbocycles. The van der Waals surface area contributed by atoms with E-state index in [1.54, 1.807) is 0 Å².